The zero-order valence-electron chi connectivity index (χ0n) is 25.2. The van der Waals surface area contributed by atoms with Crippen molar-refractivity contribution in [3.05, 3.63) is 97.4 Å². The lowest BCUT2D eigenvalue weighted by atomic mass is 9.97. The van der Waals surface area contributed by atoms with Crippen LogP contribution >= 0.6 is 23.1 Å². The minimum atomic E-state index is -2.90. The number of ether oxygens (including phenoxy) is 1. The van der Waals surface area contributed by atoms with Crippen molar-refractivity contribution < 1.29 is 18.3 Å². The number of Topliss-reactive ketones (excluding diaryl/α,β-unsaturated/α-hetero) is 1. The van der Waals surface area contributed by atoms with Crippen molar-refractivity contribution in [3.8, 4) is 17.1 Å². The number of rotatable bonds is 8. The lowest BCUT2D eigenvalue weighted by Gasteiger charge is -2.18. The van der Waals surface area contributed by atoms with Crippen molar-refractivity contribution in [1.29, 1.82) is 0 Å². The van der Waals surface area contributed by atoms with Gasteiger partial charge in [0.15, 0.2) is 10.9 Å². The number of hydrogen-bond acceptors (Lipinski definition) is 6. The number of halogens is 2. The smallest absolute Gasteiger partial charge is 0.387 e. The third-order valence-corrected chi connectivity index (χ3v) is 10.5. The molecule has 0 saturated carbocycles. The van der Waals surface area contributed by atoms with E-state index in [2.05, 4.69) is 10.8 Å². The van der Waals surface area contributed by atoms with Gasteiger partial charge in [0.25, 0.3) is 5.56 Å². The van der Waals surface area contributed by atoms with Gasteiger partial charge in [0.05, 0.1) is 16.3 Å². The monoisotopic (exact) mass is 633 g/mol. The SMILES string of the molecule is Cc1ccc(-n2c(S[C@@H](C)C(=O)c3cc(C)n(-c4ccc(OC(F)F)cc4)c3C)nc3sc4c(c3c2=O)CCCC4)c(C)c1. The van der Waals surface area contributed by atoms with Crippen LogP contribution in [0.25, 0.3) is 21.6 Å². The number of aryl methyl sites for hydroxylation is 5. The summed E-state index contributed by atoms with van der Waals surface area (Å²) in [5.74, 6) is -0.0162. The van der Waals surface area contributed by atoms with Crippen molar-refractivity contribution in [3.63, 3.8) is 0 Å². The van der Waals surface area contributed by atoms with Gasteiger partial charge < -0.3 is 9.30 Å². The Labute approximate surface area is 262 Å². The van der Waals surface area contributed by atoms with E-state index in [-0.39, 0.29) is 17.1 Å². The molecular weight excluding hydrogens is 601 g/mol. The van der Waals surface area contributed by atoms with Crippen LogP contribution in [0.2, 0.25) is 0 Å². The van der Waals surface area contributed by atoms with Gasteiger partial charge in [-0.05, 0) is 108 Å². The molecule has 1 atom stereocenters. The molecule has 1 aliphatic rings. The first-order valence-electron chi connectivity index (χ1n) is 14.6. The fourth-order valence-electron chi connectivity index (χ4n) is 6.15. The van der Waals surface area contributed by atoms with Gasteiger partial charge in [0.2, 0.25) is 0 Å². The summed E-state index contributed by atoms with van der Waals surface area (Å²) in [4.78, 5) is 35.2. The van der Waals surface area contributed by atoms with E-state index >= 15 is 0 Å². The average Bonchev–Trinajstić information content (AvgIpc) is 3.50. The lowest BCUT2D eigenvalue weighted by Crippen LogP contribution is -2.25. The molecule has 2 aromatic carbocycles. The van der Waals surface area contributed by atoms with Crippen LogP contribution in [0.15, 0.2) is 58.5 Å². The summed E-state index contributed by atoms with van der Waals surface area (Å²) < 4.78 is 33.3. The zero-order valence-corrected chi connectivity index (χ0v) is 26.9. The molecule has 0 bridgehead atoms. The van der Waals surface area contributed by atoms with Crippen molar-refractivity contribution in [2.24, 2.45) is 0 Å². The molecule has 0 spiro atoms. The normalized spacial score (nSPS) is 13.8. The molecule has 0 unspecified atom stereocenters. The summed E-state index contributed by atoms with van der Waals surface area (Å²) in [6, 6.07) is 14.2. The Hall–Kier alpha value is -3.76. The van der Waals surface area contributed by atoms with Crippen LogP contribution in [0.3, 0.4) is 0 Å². The number of thioether (sulfide) groups is 1. The predicted octanol–water partition coefficient (Wildman–Crippen LogP) is 8.32. The molecule has 6 rings (SSSR count). The number of fused-ring (bicyclic) bond motifs is 3. The van der Waals surface area contributed by atoms with Crippen LogP contribution in [0.4, 0.5) is 8.78 Å². The van der Waals surface area contributed by atoms with Gasteiger partial charge in [-0.25, -0.2) is 4.98 Å². The molecule has 0 amide bonds. The standard InChI is InChI=1S/C34H33F2N3O3S2/c1-18-10-15-27(19(2)16-18)39-32(41)29-25-8-6-7-9-28(25)44-31(29)37-34(39)43-22(5)30(40)26-17-20(3)38(21(26)4)23-11-13-24(14-12-23)42-33(35)36/h10-17,22,33H,6-9H2,1-5H3/t22-/m0/s1. The third kappa shape index (κ3) is 5.49. The first-order chi connectivity index (χ1) is 21.0. The average molecular weight is 634 g/mol. The predicted molar refractivity (Wildman–Crippen MR) is 173 cm³/mol. The van der Waals surface area contributed by atoms with Gasteiger partial charge in [-0.2, -0.15) is 8.78 Å². The second-order valence-corrected chi connectivity index (χ2v) is 13.7. The summed E-state index contributed by atoms with van der Waals surface area (Å²) in [6.07, 6.45) is 4.03. The number of alkyl halides is 2. The van der Waals surface area contributed by atoms with Crippen LogP contribution in [0.5, 0.6) is 5.75 Å². The van der Waals surface area contributed by atoms with E-state index in [0.717, 1.165) is 70.0 Å². The number of nitrogens with zero attached hydrogens (tertiary/aromatic N) is 3. The molecule has 0 fully saturated rings. The van der Waals surface area contributed by atoms with Crippen LogP contribution < -0.4 is 10.3 Å². The molecule has 3 aromatic heterocycles. The lowest BCUT2D eigenvalue weighted by molar-refractivity contribution is -0.0498. The fraction of sp³-hybridized carbons (Fsp3) is 0.324. The molecule has 0 radical (unpaired) electrons. The van der Waals surface area contributed by atoms with Crippen LogP contribution in [0, 0.1) is 27.7 Å². The number of hydrogen-bond donors (Lipinski definition) is 0. The number of carbonyl (C=O) groups excluding carboxylic acids is 1. The molecule has 0 saturated heterocycles. The molecule has 228 valence electrons. The van der Waals surface area contributed by atoms with Gasteiger partial charge in [-0.3, -0.25) is 14.2 Å². The quantitative estimate of drug-likeness (QED) is 0.0977. The van der Waals surface area contributed by atoms with Crippen LogP contribution in [-0.4, -0.2) is 31.8 Å². The second kappa shape index (κ2) is 12.0. The Kier molecular flexibility index (Phi) is 8.24. The van der Waals surface area contributed by atoms with E-state index in [9.17, 15) is 18.4 Å². The summed E-state index contributed by atoms with van der Waals surface area (Å²) >= 11 is 2.90. The largest absolute Gasteiger partial charge is 0.435 e. The Morgan fingerprint density at radius 1 is 1.00 bits per heavy atom. The summed E-state index contributed by atoms with van der Waals surface area (Å²) in [5.41, 5.74) is 6.75. The number of thiophene rings is 1. The van der Waals surface area contributed by atoms with Gasteiger partial charge in [0, 0.05) is 27.5 Å². The maximum absolute atomic E-state index is 14.3. The second-order valence-electron chi connectivity index (χ2n) is 11.3. The Bertz CT molecular complexity index is 1960. The Morgan fingerprint density at radius 2 is 1.73 bits per heavy atom. The number of aromatic nitrogens is 3. The van der Waals surface area contributed by atoms with E-state index in [0.29, 0.717) is 16.1 Å². The number of carbonyl (C=O) groups is 1. The van der Waals surface area contributed by atoms with Crippen molar-refractivity contribution in [2.75, 3.05) is 0 Å². The topological polar surface area (TPSA) is 66.1 Å². The van der Waals surface area contributed by atoms with E-state index in [1.807, 2.05) is 57.4 Å². The van der Waals surface area contributed by atoms with Crippen LogP contribution in [0.1, 0.15) is 63.1 Å². The molecule has 1 aliphatic carbocycles. The maximum Gasteiger partial charge on any atom is 0.387 e. The molecule has 5 aromatic rings. The van der Waals surface area contributed by atoms with E-state index in [1.165, 1.54) is 28.8 Å². The van der Waals surface area contributed by atoms with Gasteiger partial charge >= 0.3 is 6.61 Å². The van der Waals surface area contributed by atoms with Gasteiger partial charge in [-0.1, -0.05) is 29.5 Å². The van der Waals surface area contributed by atoms with Crippen LogP contribution in [-0.2, 0) is 12.8 Å². The molecule has 0 N–H and O–H groups in total. The highest BCUT2D eigenvalue weighted by Gasteiger charge is 2.27. The molecule has 10 heteroatoms. The van der Waals surface area contributed by atoms with E-state index in [1.54, 1.807) is 28.0 Å². The molecule has 44 heavy (non-hydrogen) atoms. The molecule has 6 nitrogen and oxygen atoms in total. The van der Waals surface area contributed by atoms with Crippen molar-refractivity contribution >= 4 is 39.1 Å². The minimum Gasteiger partial charge on any atom is -0.435 e. The first-order valence-corrected chi connectivity index (χ1v) is 16.3. The zero-order chi connectivity index (χ0) is 31.3. The third-order valence-electron chi connectivity index (χ3n) is 8.22. The van der Waals surface area contributed by atoms with E-state index < -0.39 is 11.9 Å². The highest BCUT2D eigenvalue weighted by Crippen LogP contribution is 2.37. The van der Waals surface area contributed by atoms with E-state index in [4.69, 9.17) is 4.98 Å². The fourth-order valence-corrected chi connectivity index (χ4v) is 8.44. The minimum absolute atomic E-state index is 0.0680. The van der Waals surface area contributed by atoms with Crippen molar-refractivity contribution in [2.45, 2.75) is 77.3 Å². The highest BCUT2D eigenvalue weighted by atomic mass is 32.2. The first kappa shape index (κ1) is 30.3. The highest BCUT2D eigenvalue weighted by molar-refractivity contribution is 8.00. The van der Waals surface area contributed by atoms with Gasteiger partial charge in [0.1, 0.15) is 10.6 Å². The molecule has 0 aliphatic heterocycles. The Balaban J connectivity index is 1.38. The van der Waals surface area contributed by atoms with Gasteiger partial charge in [-0.15, -0.1) is 11.3 Å². The maximum atomic E-state index is 14.3. The summed E-state index contributed by atoms with van der Waals surface area (Å²) in [5, 5.41) is 0.667. The Morgan fingerprint density at radius 3 is 2.43 bits per heavy atom. The molecule has 3 heterocycles. The molecular formula is C34H33F2N3O3S2. The summed E-state index contributed by atoms with van der Waals surface area (Å²) in [7, 11) is 0. The number of ketones is 1. The van der Waals surface area contributed by atoms with Crippen molar-refractivity contribution in [1.82, 2.24) is 14.1 Å². The number of benzene rings is 2. The summed E-state index contributed by atoms with van der Waals surface area (Å²) in [6.45, 7) is 6.73.